The fourth-order valence-corrected chi connectivity index (χ4v) is 7.36. The maximum absolute atomic E-state index is 13.7. The van der Waals surface area contributed by atoms with Gasteiger partial charge in [-0.2, -0.15) is 0 Å². The van der Waals surface area contributed by atoms with Crippen LogP contribution in [0, 0.1) is 0 Å². The molecule has 2 amide bonds. The molecular weight excluding hydrogens is 686 g/mol. The standard InChI is InChI=1S/C42H41N5O7/c1-50-30-11-9-25(10-12-30)26-15-28-21-44-35-19-39(37(51-2)17-32(35)41(48)46(28)23-26)53-13-6-14-54-40-20-36-33(18-38(40)52-3)42(49)47-24-27(16-29(47)22-45-36)31-7-4-5-8-34(31)43/h4-5,7-11,17-24,28-30H,6,12-16,43H2,1-3H3/t28-,29-,30?/m0/s1. The number of aliphatic imine (C=N–C) groups is 2. The summed E-state index contributed by atoms with van der Waals surface area (Å²) in [5.41, 5.74) is 12.9. The SMILES string of the molecule is COc1cc2c(cc1OCCCOc1cc3c(cc1OC)C(=O)N1C=C(c4ccccc4N)C[C@H]1C=N3)N=C[C@@H]1CC(C3=CCC(OC)C=C3)=CN1C2=O. The van der Waals surface area contributed by atoms with Gasteiger partial charge in [-0.25, -0.2) is 0 Å². The third kappa shape index (κ3) is 6.53. The first-order valence-electron chi connectivity index (χ1n) is 18.0. The minimum atomic E-state index is -0.227. The lowest BCUT2D eigenvalue weighted by molar-refractivity contribution is 0.0809. The summed E-state index contributed by atoms with van der Waals surface area (Å²) in [7, 11) is 4.79. The van der Waals surface area contributed by atoms with Crippen LogP contribution in [-0.4, -0.2) is 86.8 Å². The van der Waals surface area contributed by atoms with Gasteiger partial charge in [-0.1, -0.05) is 36.4 Å². The number of hydrogen-bond acceptors (Lipinski definition) is 10. The molecule has 5 aliphatic rings. The molecule has 1 unspecified atom stereocenters. The summed E-state index contributed by atoms with van der Waals surface area (Å²) in [5, 5.41) is 0. The number of rotatable bonds is 11. The third-order valence-corrected chi connectivity index (χ3v) is 10.3. The number of nitrogen functional groups attached to an aromatic ring is 1. The zero-order valence-corrected chi connectivity index (χ0v) is 30.4. The normalized spacial score (nSPS) is 20.9. The molecule has 12 heteroatoms. The highest BCUT2D eigenvalue weighted by Crippen LogP contribution is 2.42. The molecule has 4 aliphatic heterocycles. The van der Waals surface area contributed by atoms with Crippen molar-refractivity contribution in [2.45, 2.75) is 43.9 Å². The number of ether oxygens (including phenoxy) is 5. The molecule has 3 aromatic rings. The number of fused-ring (bicyclic) bond motifs is 4. The molecule has 2 N–H and O–H groups in total. The van der Waals surface area contributed by atoms with Crippen molar-refractivity contribution in [1.29, 1.82) is 0 Å². The second-order valence-corrected chi connectivity index (χ2v) is 13.5. The average molecular weight is 728 g/mol. The van der Waals surface area contributed by atoms with Crippen LogP contribution in [0.15, 0.2) is 100 Å². The van der Waals surface area contributed by atoms with Crippen LogP contribution < -0.4 is 24.7 Å². The Kier molecular flexibility index (Phi) is 9.51. The van der Waals surface area contributed by atoms with Gasteiger partial charge in [0.25, 0.3) is 11.8 Å². The lowest BCUT2D eigenvalue weighted by atomic mass is 9.96. The van der Waals surface area contributed by atoms with Crippen molar-refractivity contribution in [2.75, 3.05) is 40.3 Å². The van der Waals surface area contributed by atoms with Gasteiger partial charge in [0.1, 0.15) is 0 Å². The Morgan fingerprint density at radius 1 is 0.741 bits per heavy atom. The van der Waals surface area contributed by atoms with Gasteiger partial charge < -0.3 is 39.2 Å². The van der Waals surface area contributed by atoms with Crippen LogP contribution in [-0.2, 0) is 4.74 Å². The Morgan fingerprint density at radius 2 is 1.31 bits per heavy atom. The van der Waals surface area contributed by atoms with Gasteiger partial charge >= 0.3 is 0 Å². The van der Waals surface area contributed by atoms with E-state index < -0.39 is 0 Å². The van der Waals surface area contributed by atoms with Crippen LogP contribution in [0.5, 0.6) is 23.0 Å². The first-order valence-corrected chi connectivity index (χ1v) is 18.0. The molecule has 4 heterocycles. The molecule has 0 bridgehead atoms. The Bertz CT molecular complexity index is 2200. The minimum absolute atomic E-state index is 0.0762. The number of hydrogen-bond donors (Lipinski definition) is 1. The molecule has 0 aromatic heterocycles. The van der Waals surface area contributed by atoms with Gasteiger partial charge in [0, 0.05) is 74.6 Å². The van der Waals surface area contributed by atoms with E-state index in [1.54, 1.807) is 54.5 Å². The summed E-state index contributed by atoms with van der Waals surface area (Å²) in [6, 6.07) is 14.1. The Labute approximate surface area is 313 Å². The maximum Gasteiger partial charge on any atom is 0.260 e. The monoisotopic (exact) mass is 727 g/mol. The second kappa shape index (κ2) is 14.7. The van der Waals surface area contributed by atoms with Gasteiger partial charge in [-0.05, 0) is 41.3 Å². The van der Waals surface area contributed by atoms with Crippen LogP contribution in [0.3, 0.4) is 0 Å². The van der Waals surface area contributed by atoms with E-state index in [1.807, 2.05) is 49.0 Å². The van der Waals surface area contributed by atoms with Gasteiger partial charge in [0.05, 0.1) is 68.1 Å². The molecule has 54 heavy (non-hydrogen) atoms. The topological polar surface area (TPSA) is 138 Å². The smallest absolute Gasteiger partial charge is 0.260 e. The molecule has 0 spiro atoms. The largest absolute Gasteiger partial charge is 0.493 e. The second-order valence-electron chi connectivity index (χ2n) is 13.5. The first kappa shape index (κ1) is 34.9. The fourth-order valence-electron chi connectivity index (χ4n) is 7.36. The number of para-hydroxylation sites is 1. The zero-order valence-electron chi connectivity index (χ0n) is 30.4. The van der Waals surface area contributed by atoms with Crippen LogP contribution in [0.25, 0.3) is 5.57 Å². The molecule has 0 saturated heterocycles. The highest BCUT2D eigenvalue weighted by Gasteiger charge is 2.35. The Balaban J connectivity index is 0.907. The molecule has 0 radical (unpaired) electrons. The molecule has 12 nitrogen and oxygen atoms in total. The molecule has 1 aliphatic carbocycles. The lowest BCUT2D eigenvalue weighted by Crippen LogP contribution is -2.32. The molecule has 8 rings (SSSR count). The van der Waals surface area contributed by atoms with Crippen LogP contribution in [0.2, 0.25) is 0 Å². The van der Waals surface area contributed by atoms with Crippen molar-refractivity contribution in [3.63, 3.8) is 0 Å². The highest BCUT2D eigenvalue weighted by molar-refractivity contribution is 6.06. The summed E-state index contributed by atoms with van der Waals surface area (Å²) in [5.74, 6) is 1.50. The summed E-state index contributed by atoms with van der Waals surface area (Å²) < 4.78 is 28.9. The number of carbonyl (C=O) groups is 2. The van der Waals surface area contributed by atoms with Crippen molar-refractivity contribution in [2.24, 2.45) is 9.98 Å². The summed E-state index contributed by atoms with van der Waals surface area (Å²) in [4.78, 5) is 40.3. The van der Waals surface area contributed by atoms with Gasteiger partial charge in [0.2, 0.25) is 0 Å². The first-order chi connectivity index (χ1) is 26.3. The molecule has 3 atom stereocenters. The van der Waals surface area contributed by atoms with E-state index >= 15 is 0 Å². The van der Waals surface area contributed by atoms with Gasteiger partial charge in [0.15, 0.2) is 23.0 Å². The van der Waals surface area contributed by atoms with Crippen molar-refractivity contribution < 1.29 is 33.3 Å². The van der Waals surface area contributed by atoms with Crippen LogP contribution in [0.1, 0.15) is 52.0 Å². The van der Waals surface area contributed by atoms with Crippen molar-refractivity contribution >= 4 is 46.9 Å². The fraction of sp³-hybridized carbons (Fsp3) is 0.286. The van der Waals surface area contributed by atoms with E-state index in [1.165, 1.54) is 7.11 Å². The van der Waals surface area contributed by atoms with E-state index in [2.05, 4.69) is 17.1 Å². The maximum atomic E-state index is 13.7. The number of carbonyl (C=O) groups excluding carboxylic acids is 2. The Hall–Kier alpha value is -6.14. The van der Waals surface area contributed by atoms with E-state index in [-0.39, 0.29) is 30.0 Å². The van der Waals surface area contributed by atoms with Crippen molar-refractivity contribution in [3.8, 4) is 23.0 Å². The van der Waals surface area contributed by atoms with Crippen LogP contribution >= 0.6 is 0 Å². The molecule has 3 aromatic carbocycles. The van der Waals surface area contributed by atoms with E-state index in [4.69, 9.17) is 34.4 Å². The number of allylic oxidation sites excluding steroid dienone is 2. The number of methoxy groups -OCH3 is 3. The molecule has 276 valence electrons. The summed E-state index contributed by atoms with van der Waals surface area (Å²) >= 11 is 0. The molecule has 0 fully saturated rings. The number of anilines is 1. The van der Waals surface area contributed by atoms with Gasteiger partial charge in [-0.15, -0.1) is 0 Å². The number of nitrogens with two attached hydrogens (primary N) is 1. The quantitative estimate of drug-likeness (QED) is 0.168. The number of benzene rings is 3. The summed E-state index contributed by atoms with van der Waals surface area (Å²) in [6.45, 7) is 0.612. The van der Waals surface area contributed by atoms with E-state index in [0.717, 1.165) is 28.7 Å². The van der Waals surface area contributed by atoms with Crippen molar-refractivity contribution in [3.05, 3.63) is 107 Å². The predicted octanol–water partition coefficient (Wildman–Crippen LogP) is 6.82. The average Bonchev–Trinajstić information content (AvgIpc) is 3.77. The lowest BCUT2D eigenvalue weighted by Gasteiger charge is -2.19. The van der Waals surface area contributed by atoms with E-state index in [0.29, 0.717) is 83.7 Å². The zero-order chi connectivity index (χ0) is 37.3. The highest BCUT2D eigenvalue weighted by atomic mass is 16.5. The van der Waals surface area contributed by atoms with E-state index in [9.17, 15) is 9.59 Å². The van der Waals surface area contributed by atoms with Gasteiger partial charge in [-0.3, -0.25) is 19.6 Å². The Morgan fingerprint density at radius 3 is 1.85 bits per heavy atom. The summed E-state index contributed by atoms with van der Waals surface area (Å²) in [6.07, 6.45) is 16.4. The third-order valence-electron chi connectivity index (χ3n) is 10.3. The number of amides is 2. The van der Waals surface area contributed by atoms with Crippen molar-refractivity contribution in [1.82, 2.24) is 9.80 Å². The predicted molar refractivity (Wildman–Crippen MR) is 207 cm³/mol. The number of nitrogens with zero attached hydrogens (tertiary/aromatic N) is 4. The minimum Gasteiger partial charge on any atom is -0.493 e. The molecular formula is C42H41N5O7. The van der Waals surface area contributed by atoms with Crippen LogP contribution in [0.4, 0.5) is 17.1 Å². The molecule has 0 saturated carbocycles.